The molecule has 0 aromatic carbocycles. The average Bonchev–Trinajstić information content (AvgIpc) is 3.18. The minimum absolute atomic E-state index is 0.0187. The molecule has 0 radical (unpaired) electrons. The summed E-state index contributed by atoms with van der Waals surface area (Å²) < 4.78 is 12.8. The second-order valence-electron chi connectivity index (χ2n) is 6.29. The molecule has 0 fully saturated rings. The van der Waals surface area contributed by atoms with Crippen LogP contribution in [0.1, 0.15) is 37.1 Å². The smallest absolute Gasteiger partial charge is 0.345 e. The summed E-state index contributed by atoms with van der Waals surface area (Å²) in [5.74, 6) is -1.51. The fourth-order valence-electron chi connectivity index (χ4n) is 3.20. The Labute approximate surface area is 145 Å². The number of aryl methyl sites for hydroxylation is 1. The molecule has 3 heterocycles. The summed E-state index contributed by atoms with van der Waals surface area (Å²) in [5, 5.41) is 20.0. The summed E-state index contributed by atoms with van der Waals surface area (Å²) in [6.07, 6.45) is 3.55. The van der Waals surface area contributed by atoms with Crippen LogP contribution >= 0.6 is 0 Å². The second kappa shape index (κ2) is 6.50. The van der Waals surface area contributed by atoms with Crippen molar-refractivity contribution in [1.82, 2.24) is 4.57 Å². The summed E-state index contributed by atoms with van der Waals surface area (Å²) in [7, 11) is 0. The number of esters is 2. The number of aliphatic hydroxyl groups is 2. The van der Waals surface area contributed by atoms with Crippen LogP contribution in [-0.2, 0) is 32.2 Å². The number of aliphatic hydroxyl groups excluding tert-OH is 1. The van der Waals surface area contributed by atoms with Crippen molar-refractivity contribution in [1.29, 1.82) is 0 Å². The summed E-state index contributed by atoms with van der Waals surface area (Å²) >= 11 is 0. The molecule has 2 aliphatic rings. The Balaban J connectivity index is 2.02. The van der Waals surface area contributed by atoms with Gasteiger partial charge in [0, 0.05) is 36.7 Å². The largest absolute Gasteiger partial charge is 0.458 e. The molecule has 3 rings (SSSR count). The zero-order valence-electron chi connectivity index (χ0n) is 14.0. The molecule has 7 heteroatoms. The highest BCUT2D eigenvalue weighted by molar-refractivity contribution is 5.90. The first-order valence-corrected chi connectivity index (χ1v) is 8.13. The van der Waals surface area contributed by atoms with Crippen LogP contribution in [0.5, 0.6) is 0 Å². The Kier molecular flexibility index (Phi) is 4.53. The van der Waals surface area contributed by atoms with Gasteiger partial charge in [-0.15, -0.1) is 0 Å². The number of allylic oxidation sites excluding steroid dienone is 1. The Hall–Kier alpha value is -2.38. The molecule has 7 nitrogen and oxygen atoms in total. The molecule has 25 heavy (non-hydrogen) atoms. The van der Waals surface area contributed by atoms with E-state index in [1.807, 2.05) is 10.8 Å². The second-order valence-corrected chi connectivity index (χ2v) is 6.29. The molecule has 1 aromatic heterocycles. The molecule has 2 N–H and O–H groups in total. The molecule has 0 unspecified atom stereocenters. The quantitative estimate of drug-likeness (QED) is 0.449. The van der Waals surface area contributed by atoms with Gasteiger partial charge in [0.2, 0.25) is 5.60 Å². The lowest BCUT2D eigenvalue weighted by Gasteiger charge is -2.27. The first-order chi connectivity index (χ1) is 11.9. The highest BCUT2D eigenvalue weighted by Crippen LogP contribution is 2.35. The molecule has 0 amide bonds. The predicted octanol–water partition coefficient (Wildman–Crippen LogP) is 1.15. The standard InChI is InChI=1S/C18H21NO6/c1-3-12-8-11(2)18(23,10-20)17(22)24-9-13-4-6-19-7-5-14(15(13)19)25-16(12)21/h3-4,6,14,20,23H,2,5,7-10H2,1H3/b12-3-/t14-,18-/m1/s1. The highest BCUT2D eigenvalue weighted by atomic mass is 16.6. The molecule has 0 saturated heterocycles. The van der Waals surface area contributed by atoms with Crippen LogP contribution in [0.15, 0.2) is 36.1 Å². The van der Waals surface area contributed by atoms with E-state index >= 15 is 0 Å². The Morgan fingerprint density at radius 1 is 1.48 bits per heavy atom. The van der Waals surface area contributed by atoms with Gasteiger partial charge in [-0.05, 0) is 18.6 Å². The molecule has 0 bridgehead atoms. The van der Waals surface area contributed by atoms with Crippen molar-refractivity contribution in [2.45, 2.75) is 44.6 Å². The third-order valence-electron chi connectivity index (χ3n) is 4.81. The third-order valence-corrected chi connectivity index (χ3v) is 4.81. The third kappa shape index (κ3) is 2.89. The van der Waals surface area contributed by atoms with E-state index in [-0.39, 0.29) is 24.2 Å². The summed E-state index contributed by atoms with van der Waals surface area (Å²) in [5.41, 5.74) is -0.525. The molecule has 0 saturated carbocycles. The molecule has 134 valence electrons. The number of nitrogens with zero attached hydrogens (tertiary/aromatic N) is 1. The maximum absolute atomic E-state index is 12.5. The van der Waals surface area contributed by atoms with E-state index in [0.29, 0.717) is 18.5 Å². The maximum Gasteiger partial charge on any atom is 0.345 e. The van der Waals surface area contributed by atoms with Gasteiger partial charge in [-0.1, -0.05) is 12.7 Å². The molecule has 2 atom stereocenters. The lowest BCUT2D eigenvalue weighted by Crippen LogP contribution is -2.45. The van der Waals surface area contributed by atoms with Crippen LogP contribution in [0.25, 0.3) is 0 Å². The minimum atomic E-state index is -2.27. The van der Waals surface area contributed by atoms with Crippen molar-refractivity contribution in [3.05, 3.63) is 47.3 Å². The molecular weight excluding hydrogens is 326 g/mol. The van der Waals surface area contributed by atoms with E-state index < -0.39 is 30.3 Å². The van der Waals surface area contributed by atoms with Gasteiger partial charge in [0.05, 0.1) is 12.3 Å². The first-order valence-electron chi connectivity index (χ1n) is 8.13. The van der Waals surface area contributed by atoms with Crippen molar-refractivity contribution in [3.63, 3.8) is 0 Å². The van der Waals surface area contributed by atoms with Crippen LogP contribution in [-0.4, -0.2) is 38.9 Å². The van der Waals surface area contributed by atoms with E-state index in [1.165, 1.54) is 0 Å². The van der Waals surface area contributed by atoms with Gasteiger partial charge in [0.1, 0.15) is 12.7 Å². The number of aromatic nitrogens is 1. The van der Waals surface area contributed by atoms with Crippen LogP contribution in [0.2, 0.25) is 0 Å². The van der Waals surface area contributed by atoms with Crippen molar-refractivity contribution >= 4 is 11.9 Å². The minimum Gasteiger partial charge on any atom is -0.458 e. The first kappa shape index (κ1) is 17.4. The molecule has 2 aliphatic heterocycles. The predicted molar refractivity (Wildman–Crippen MR) is 87.2 cm³/mol. The van der Waals surface area contributed by atoms with Crippen LogP contribution in [0.4, 0.5) is 0 Å². The van der Waals surface area contributed by atoms with Gasteiger partial charge in [-0.2, -0.15) is 0 Å². The monoisotopic (exact) mass is 347 g/mol. The van der Waals surface area contributed by atoms with E-state index in [4.69, 9.17) is 9.47 Å². The number of hydrogen-bond acceptors (Lipinski definition) is 6. The number of carbonyl (C=O) groups excluding carboxylic acids is 2. The topological polar surface area (TPSA) is 98.0 Å². The van der Waals surface area contributed by atoms with Crippen molar-refractivity contribution in [2.75, 3.05) is 6.61 Å². The average molecular weight is 347 g/mol. The van der Waals surface area contributed by atoms with Crippen molar-refractivity contribution in [2.24, 2.45) is 0 Å². The lowest BCUT2D eigenvalue weighted by atomic mass is 9.90. The molecule has 0 spiro atoms. The lowest BCUT2D eigenvalue weighted by molar-refractivity contribution is -0.167. The number of hydrogen-bond donors (Lipinski definition) is 2. The maximum atomic E-state index is 12.5. The van der Waals surface area contributed by atoms with Crippen LogP contribution < -0.4 is 0 Å². The Bertz CT molecular complexity index is 762. The van der Waals surface area contributed by atoms with Gasteiger partial charge >= 0.3 is 11.9 Å². The van der Waals surface area contributed by atoms with Crippen molar-refractivity contribution in [3.8, 4) is 0 Å². The van der Waals surface area contributed by atoms with Gasteiger partial charge in [0.15, 0.2) is 0 Å². The molecule has 1 aromatic rings. The van der Waals surface area contributed by atoms with E-state index in [9.17, 15) is 19.8 Å². The SMILES string of the molecule is C=C1C/C(=C/C)C(=O)O[C@@H]2CCn3ccc(c32)COC(=O)[C@@]1(O)CO. The van der Waals surface area contributed by atoms with Crippen molar-refractivity contribution < 1.29 is 29.3 Å². The fraction of sp³-hybridized carbons (Fsp3) is 0.444. The zero-order chi connectivity index (χ0) is 18.2. The number of cyclic esters (lactones) is 1. The van der Waals surface area contributed by atoms with E-state index in [0.717, 1.165) is 5.69 Å². The van der Waals surface area contributed by atoms with Gasteiger partial charge in [0.25, 0.3) is 0 Å². The van der Waals surface area contributed by atoms with E-state index in [2.05, 4.69) is 6.58 Å². The number of rotatable bonds is 1. The zero-order valence-corrected chi connectivity index (χ0v) is 14.0. The van der Waals surface area contributed by atoms with Crippen LogP contribution in [0.3, 0.4) is 0 Å². The van der Waals surface area contributed by atoms with Gasteiger partial charge < -0.3 is 24.3 Å². The Morgan fingerprint density at radius 2 is 2.24 bits per heavy atom. The summed E-state index contributed by atoms with van der Waals surface area (Å²) in [6.45, 7) is 5.08. The summed E-state index contributed by atoms with van der Waals surface area (Å²) in [4.78, 5) is 24.9. The molecular formula is C18H21NO6. The van der Waals surface area contributed by atoms with Gasteiger partial charge in [-0.3, -0.25) is 0 Å². The summed E-state index contributed by atoms with van der Waals surface area (Å²) in [6, 6.07) is 1.79. The number of ether oxygens (including phenoxy) is 2. The Morgan fingerprint density at radius 3 is 2.92 bits per heavy atom. The van der Waals surface area contributed by atoms with E-state index in [1.54, 1.807) is 19.1 Å². The highest BCUT2D eigenvalue weighted by Gasteiger charge is 2.42. The molecule has 0 aliphatic carbocycles. The normalized spacial score (nSPS) is 28.8. The van der Waals surface area contributed by atoms with Crippen LogP contribution in [0, 0.1) is 0 Å². The van der Waals surface area contributed by atoms with Gasteiger partial charge in [-0.25, -0.2) is 9.59 Å². The number of carbonyl (C=O) groups is 2. The fourth-order valence-corrected chi connectivity index (χ4v) is 3.20.